The summed E-state index contributed by atoms with van der Waals surface area (Å²) in [4.78, 5) is 11.8. The van der Waals surface area contributed by atoms with Crippen molar-refractivity contribution in [3.05, 3.63) is 29.8 Å². The van der Waals surface area contributed by atoms with E-state index in [0.717, 1.165) is 12.8 Å². The Balaban J connectivity index is 2.13. The molecule has 1 aromatic carbocycles. The second-order valence-electron chi connectivity index (χ2n) is 3.50. The first-order valence-corrected chi connectivity index (χ1v) is 6.02. The first-order valence-electron chi connectivity index (χ1n) is 4.90. The van der Waals surface area contributed by atoms with Gasteiger partial charge in [0.25, 0.3) is 5.91 Å². The Morgan fingerprint density at radius 3 is 2.87 bits per heavy atom. The van der Waals surface area contributed by atoms with Crippen LogP contribution in [-0.4, -0.2) is 17.5 Å². The van der Waals surface area contributed by atoms with E-state index in [0.29, 0.717) is 22.9 Å². The first-order chi connectivity index (χ1) is 7.31. The van der Waals surface area contributed by atoms with Gasteiger partial charge in [-0.15, -0.1) is 0 Å². The fourth-order valence-electron chi connectivity index (χ4n) is 1.33. The van der Waals surface area contributed by atoms with Crippen molar-refractivity contribution in [3.63, 3.8) is 0 Å². The number of benzene rings is 1. The van der Waals surface area contributed by atoms with E-state index >= 15 is 0 Å². The molecule has 1 saturated carbocycles. The lowest BCUT2D eigenvalue weighted by Crippen LogP contribution is -2.25. The van der Waals surface area contributed by atoms with Gasteiger partial charge in [-0.05, 0) is 40.9 Å². The zero-order valence-electron chi connectivity index (χ0n) is 8.20. The summed E-state index contributed by atoms with van der Waals surface area (Å²) in [7, 11) is 0. The molecule has 1 N–H and O–H groups in total. The van der Waals surface area contributed by atoms with Crippen molar-refractivity contribution in [1.82, 2.24) is 5.32 Å². The third-order valence-corrected chi connectivity index (χ3v) is 2.48. The summed E-state index contributed by atoms with van der Waals surface area (Å²) in [5, 5.41) is 2.93. The summed E-state index contributed by atoms with van der Waals surface area (Å²) in [5.74, 6) is 0.571. The van der Waals surface area contributed by atoms with Gasteiger partial charge in [-0.2, -0.15) is 0 Å². The topological polar surface area (TPSA) is 38.3 Å². The first kappa shape index (κ1) is 10.5. The lowest BCUT2D eigenvalue weighted by Gasteiger charge is -2.09. The van der Waals surface area contributed by atoms with Crippen LogP contribution in [0, 0.1) is 0 Å². The van der Waals surface area contributed by atoms with E-state index in [4.69, 9.17) is 4.74 Å². The summed E-state index contributed by atoms with van der Waals surface area (Å²) in [6.07, 6.45) is 2.18. The van der Waals surface area contributed by atoms with E-state index < -0.39 is 0 Å². The highest BCUT2D eigenvalue weighted by Gasteiger charge is 2.24. The van der Waals surface area contributed by atoms with Crippen LogP contribution < -0.4 is 10.1 Å². The van der Waals surface area contributed by atoms with Crippen LogP contribution in [0.25, 0.3) is 0 Å². The fourth-order valence-corrected chi connectivity index (χ4v) is 1.58. The number of para-hydroxylation sites is 1. The largest absolute Gasteiger partial charge is 0.482 e. The molecule has 1 aliphatic rings. The van der Waals surface area contributed by atoms with Crippen LogP contribution in [0.4, 0.5) is 0 Å². The molecule has 0 spiro atoms. The van der Waals surface area contributed by atoms with Crippen molar-refractivity contribution in [2.75, 3.05) is 5.52 Å². The monoisotopic (exact) mass is 269 g/mol. The summed E-state index contributed by atoms with van der Waals surface area (Å²) in [5.41, 5.74) is 0.990. The number of rotatable bonds is 4. The third-order valence-electron chi connectivity index (χ3n) is 2.25. The molecule has 1 aliphatic carbocycles. The lowest BCUT2D eigenvalue weighted by atomic mass is 10.2. The highest BCUT2D eigenvalue weighted by Crippen LogP contribution is 2.22. The van der Waals surface area contributed by atoms with Crippen LogP contribution in [0.2, 0.25) is 0 Å². The summed E-state index contributed by atoms with van der Waals surface area (Å²) >= 11 is 3.18. The van der Waals surface area contributed by atoms with Gasteiger partial charge in [-0.25, -0.2) is 0 Å². The zero-order valence-corrected chi connectivity index (χ0v) is 9.79. The average molecular weight is 270 g/mol. The number of halogens is 1. The summed E-state index contributed by atoms with van der Waals surface area (Å²) < 4.78 is 5.32. The van der Waals surface area contributed by atoms with Crippen LogP contribution in [0.1, 0.15) is 23.2 Å². The van der Waals surface area contributed by atoms with E-state index in [-0.39, 0.29) is 5.91 Å². The molecule has 1 aromatic rings. The molecule has 1 amide bonds. The molecule has 0 aromatic heterocycles. The molecule has 0 radical (unpaired) electrons. The molecule has 15 heavy (non-hydrogen) atoms. The van der Waals surface area contributed by atoms with Crippen molar-refractivity contribution >= 4 is 21.8 Å². The molecule has 0 atom stereocenters. The van der Waals surface area contributed by atoms with E-state index in [2.05, 4.69) is 21.2 Å². The third kappa shape index (κ3) is 2.72. The highest BCUT2D eigenvalue weighted by molar-refractivity contribution is 9.09. The van der Waals surface area contributed by atoms with Gasteiger partial charge in [0, 0.05) is 6.04 Å². The number of amides is 1. The Morgan fingerprint density at radius 2 is 2.20 bits per heavy atom. The Morgan fingerprint density at radius 1 is 1.47 bits per heavy atom. The highest BCUT2D eigenvalue weighted by atomic mass is 79.9. The molecular formula is C11H12BrNO2. The molecule has 0 unspecified atom stereocenters. The van der Waals surface area contributed by atoms with Crippen LogP contribution in [0.3, 0.4) is 0 Å². The van der Waals surface area contributed by atoms with Crippen LogP contribution in [-0.2, 0) is 0 Å². The molecule has 3 nitrogen and oxygen atoms in total. The van der Waals surface area contributed by atoms with Gasteiger partial charge in [0.2, 0.25) is 0 Å². The molecule has 0 aliphatic heterocycles. The maximum Gasteiger partial charge on any atom is 0.255 e. The summed E-state index contributed by atoms with van der Waals surface area (Å²) in [6.45, 7) is 0. The molecule has 0 bridgehead atoms. The van der Waals surface area contributed by atoms with E-state index in [9.17, 15) is 4.79 Å². The van der Waals surface area contributed by atoms with Gasteiger partial charge in [0.15, 0.2) is 0 Å². The maximum absolute atomic E-state index is 11.8. The quantitative estimate of drug-likeness (QED) is 0.852. The van der Waals surface area contributed by atoms with Crippen LogP contribution >= 0.6 is 15.9 Å². The van der Waals surface area contributed by atoms with E-state index in [1.807, 2.05) is 12.1 Å². The number of hydrogen-bond donors (Lipinski definition) is 1. The summed E-state index contributed by atoms with van der Waals surface area (Å²) in [6, 6.07) is 7.63. The second-order valence-corrected chi connectivity index (χ2v) is 3.96. The number of hydrogen-bond acceptors (Lipinski definition) is 2. The number of carbonyl (C=O) groups excluding carboxylic acids is 1. The zero-order chi connectivity index (χ0) is 10.7. The Labute approximate surface area is 96.9 Å². The predicted octanol–water partition coefficient (Wildman–Crippen LogP) is 2.31. The average Bonchev–Trinajstić information content (AvgIpc) is 3.03. The van der Waals surface area contributed by atoms with E-state index in [1.165, 1.54) is 0 Å². The van der Waals surface area contributed by atoms with Crippen molar-refractivity contribution in [2.24, 2.45) is 0 Å². The Kier molecular flexibility index (Phi) is 3.26. The predicted molar refractivity (Wildman–Crippen MR) is 61.4 cm³/mol. The number of alkyl halides is 1. The van der Waals surface area contributed by atoms with Gasteiger partial charge in [0.1, 0.15) is 11.3 Å². The van der Waals surface area contributed by atoms with Crippen LogP contribution in [0.15, 0.2) is 24.3 Å². The SMILES string of the molecule is O=C(NC1CC1)c1ccccc1OCBr. The minimum Gasteiger partial charge on any atom is -0.482 e. The second kappa shape index (κ2) is 4.66. The number of ether oxygens (including phenoxy) is 1. The van der Waals surface area contributed by atoms with Crippen molar-refractivity contribution in [2.45, 2.75) is 18.9 Å². The number of carbonyl (C=O) groups is 1. The fraction of sp³-hybridized carbons (Fsp3) is 0.364. The molecule has 4 heteroatoms. The van der Waals surface area contributed by atoms with Crippen molar-refractivity contribution in [1.29, 1.82) is 0 Å². The standard InChI is InChI=1S/C11H12BrNO2/c12-7-15-10-4-2-1-3-9(10)11(14)13-8-5-6-8/h1-4,8H,5-7H2,(H,13,14). The van der Waals surface area contributed by atoms with Gasteiger partial charge < -0.3 is 10.1 Å². The Bertz CT molecular complexity index is 363. The van der Waals surface area contributed by atoms with Gasteiger partial charge in [0.05, 0.1) is 5.56 Å². The molecule has 80 valence electrons. The van der Waals surface area contributed by atoms with Gasteiger partial charge >= 0.3 is 0 Å². The van der Waals surface area contributed by atoms with Gasteiger partial charge in [-0.3, -0.25) is 4.79 Å². The molecular weight excluding hydrogens is 258 g/mol. The minimum atomic E-state index is -0.0472. The molecule has 0 heterocycles. The minimum absolute atomic E-state index is 0.0472. The van der Waals surface area contributed by atoms with E-state index in [1.54, 1.807) is 12.1 Å². The van der Waals surface area contributed by atoms with Gasteiger partial charge in [-0.1, -0.05) is 12.1 Å². The van der Waals surface area contributed by atoms with Crippen LogP contribution in [0.5, 0.6) is 5.75 Å². The molecule has 2 rings (SSSR count). The lowest BCUT2D eigenvalue weighted by molar-refractivity contribution is 0.0948. The number of nitrogens with one attached hydrogen (secondary N) is 1. The van der Waals surface area contributed by atoms with Crippen molar-refractivity contribution in [3.8, 4) is 5.75 Å². The van der Waals surface area contributed by atoms with Crippen molar-refractivity contribution < 1.29 is 9.53 Å². The molecule has 0 saturated heterocycles. The maximum atomic E-state index is 11.8. The smallest absolute Gasteiger partial charge is 0.255 e. The normalized spacial score (nSPS) is 14.7. The Hall–Kier alpha value is -1.03. The molecule has 1 fully saturated rings.